The number of nitrogens with one attached hydrogen (secondary N) is 1. The van der Waals surface area contributed by atoms with Gasteiger partial charge in [0, 0.05) is 12.1 Å². The fourth-order valence-electron chi connectivity index (χ4n) is 1.42. The van der Waals surface area contributed by atoms with Gasteiger partial charge in [-0.2, -0.15) is 0 Å². The number of anilines is 1. The van der Waals surface area contributed by atoms with Crippen LogP contribution in [0.1, 0.15) is 32.3 Å². The Morgan fingerprint density at radius 2 is 2.33 bits per heavy atom. The predicted molar refractivity (Wildman–Crippen MR) is 61.7 cm³/mol. The van der Waals surface area contributed by atoms with Crippen molar-refractivity contribution in [3.05, 3.63) is 23.9 Å². The van der Waals surface area contributed by atoms with Gasteiger partial charge in [-0.1, -0.05) is 20.3 Å². The first kappa shape index (κ1) is 11.7. The number of nitrogens with zero attached hydrogens (tertiary/aromatic N) is 1. The van der Waals surface area contributed by atoms with Crippen molar-refractivity contribution in [2.24, 2.45) is 5.92 Å². The van der Waals surface area contributed by atoms with E-state index in [1.807, 2.05) is 26.0 Å². The highest BCUT2D eigenvalue weighted by atomic mass is 16.1. The number of hydrogen-bond acceptors (Lipinski definition) is 2. The van der Waals surface area contributed by atoms with Gasteiger partial charge in [0.2, 0.25) is 5.91 Å². The largest absolute Gasteiger partial charge is 0.310 e. The lowest BCUT2D eigenvalue weighted by molar-refractivity contribution is -0.119. The summed E-state index contributed by atoms with van der Waals surface area (Å²) in [7, 11) is 0. The Hall–Kier alpha value is -1.38. The van der Waals surface area contributed by atoms with Gasteiger partial charge in [0.05, 0.1) is 0 Å². The van der Waals surface area contributed by atoms with E-state index in [4.69, 9.17) is 0 Å². The van der Waals surface area contributed by atoms with Gasteiger partial charge in [0.25, 0.3) is 0 Å². The molecule has 1 aromatic rings. The Labute approximate surface area is 90.9 Å². The molecular formula is C12H18N2O. The minimum Gasteiger partial charge on any atom is -0.310 e. The topological polar surface area (TPSA) is 42.0 Å². The summed E-state index contributed by atoms with van der Waals surface area (Å²) in [5, 5.41) is 2.82. The van der Waals surface area contributed by atoms with Crippen molar-refractivity contribution in [2.45, 2.75) is 33.6 Å². The molecule has 1 atom stereocenters. The quantitative estimate of drug-likeness (QED) is 0.823. The SMILES string of the molecule is CCCC(C)C(=O)Nc1cc(C)ccn1. The molecule has 3 heteroatoms. The van der Waals surface area contributed by atoms with Crippen LogP contribution in [-0.4, -0.2) is 10.9 Å². The zero-order valence-electron chi connectivity index (χ0n) is 9.58. The van der Waals surface area contributed by atoms with Crippen molar-refractivity contribution >= 4 is 11.7 Å². The highest BCUT2D eigenvalue weighted by Crippen LogP contribution is 2.10. The van der Waals surface area contributed by atoms with E-state index in [1.54, 1.807) is 6.20 Å². The van der Waals surface area contributed by atoms with Gasteiger partial charge in [-0.3, -0.25) is 4.79 Å². The van der Waals surface area contributed by atoms with Crippen molar-refractivity contribution in [1.82, 2.24) is 4.98 Å². The lowest BCUT2D eigenvalue weighted by Gasteiger charge is -2.10. The predicted octanol–water partition coefficient (Wildman–Crippen LogP) is 2.76. The van der Waals surface area contributed by atoms with Gasteiger partial charge < -0.3 is 5.32 Å². The molecular weight excluding hydrogens is 188 g/mol. The minimum atomic E-state index is 0.0509. The van der Waals surface area contributed by atoms with Crippen LogP contribution in [0.25, 0.3) is 0 Å². The van der Waals surface area contributed by atoms with Gasteiger partial charge >= 0.3 is 0 Å². The van der Waals surface area contributed by atoms with Crippen LogP contribution in [0.15, 0.2) is 18.3 Å². The molecule has 0 aromatic carbocycles. The Bertz CT molecular complexity index is 336. The van der Waals surface area contributed by atoms with Crippen molar-refractivity contribution in [2.75, 3.05) is 5.32 Å². The van der Waals surface area contributed by atoms with Crippen molar-refractivity contribution in [1.29, 1.82) is 0 Å². The number of aromatic nitrogens is 1. The number of carbonyl (C=O) groups excluding carboxylic acids is 1. The van der Waals surface area contributed by atoms with Crippen LogP contribution < -0.4 is 5.32 Å². The molecule has 82 valence electrons. The van der Waals surface area contributed by atoms with Crippen molar-refractivity contribution in [3.8, 4) is 0 Å². The maximum atomic E-state index is 11.7. The second-order valence-electron chi connectivity index (χ2n) is 3.90. The maximum absolute atomic E-state index is 11.7. The number of aryl methyl sites for hydroxylation is 1. The average Bonchev–Trinajstić information content (AvgIpc) is 2.18. The molecule has 0 aliphatic carbocycles. The molecule has 0 aliphatic rings. The normalized spacial score (nSPS) is 12.2. The first-order chi connectivity index (χ1) is 7.13. The average molecular weight is 206 g/mol. The highest BCUT2D eigenvalue weighted by molar-refractivity contribution is 5.91. The molecule has 0 aliphatic heterocycles. The third-order valence-electron chi connectivity index (χ3n) is 2.34. The number of pyridine rings is 1. The lowest BCUT2D eigenvalue weighted by Crippen LogP contribution is -2.20. The van der Waals surface area contributed by atoms with Gasteiger partial charge in [-0.15, -0.1) is 0 Å². The number of rotatable bonds is 4. The van der Waals surface area contributed by atoms with Crippen LogP contribution >= 0.6 is 0 Å². The van der Waals surface area contributed by atoms with Gasteiger partial charge in [-0.25, -0.2) is 4.98 Å². The number of carbonyl (C=O) groups is 1. The second-order valence-corrected chi connectivity index (χ2v) is 3.90. The molecule has 1 rings (SSSR count). The van der Waals surface area contributed by atoms with Crippen LogP contribution in [0, 0.1) is 12.8 Å². The van der Waals surface area contributed by atoms with E-state index in [2.05, 4.69) is 17.2 Å². The van der Waals surface area contributed by atoms with E-state index in [0.29, 0.717) is 5.82 Å². The summed E-state index contributed by atoms with van der Waals surface area (Å²) >= 11 is 0. The zero-order chi connectivity index (χ0) is 11.3. The Kier molecular flexibility index (Phi) is 4.28. The standard InChI is InChI=1S/C12H18N2O/c1-4-5-10(3)12(15)14-11-8-9(2)6-7-13-11/h6-8,10H,4-5H2,1-3H3,(H,13,14,15). The summed E-state index contributed by atoms with van der Waals surface area (Å²) in [6, 6.07) is 3.78. The van der Waals surface area contributed by atoms with Crippen LogP contribution in [-0.2, 0) is 4.79 Å². The fraction of sp³-hybridized carbons (Fsp3) is 0.500. The zero-order valence-corrected chi connectivity index (χ0v) is 9.58. The first-order valence-corrected chi connectivity index (χ1v) is 5.37. The molecule has 15 heavy (non-hydrogen) atoms. The van der Waals surface area contributed by atoms with E-state index >= 15 is 0 Å². The van der Waals surface area contributed by atoms with E-state index in [1.165, 1.54) is 0 Å². The van der Waals surface area contributed by atoms with Gasteiger partial charge in [-0.05, 0) is 31.0 Å². The molecule has 0 saturated heterocycles. The molecule has 0 saturated carbocycles. The smallest absolute Gasteiger partial charge is 0.228 e. The summed E-state index contributed by atoms with van der Waals surface area (Å²) in [5.41, 5.74) is 1.10. The third kappa shape index (κ3) is 3.70. The molecule has 1 N–H and O–H groups in total. The van der Waals surface area contributed by atoms with Gasteiger partial charge in [0.15, 0.2) is 0 Å². The molecule has 1 amide bonds. The number of hydrogen-bond donors (Lipinski definition) is 1. The maximum Gasteiger partial charge on any atom is 0.228 e. The van der Waals surface area contributed by atoms with E-state index in [-0.39, 0.29) is 11.8 Å². The Morgan fingerprint density at radius 1 is 1.60 bits per heavy atom. The molecule has 1 heterocycles. The van der Waals surface area contributed by atoms with Crippen molar-refractivity contribution < 1.29 is 4.79 Å². The van der Waals surface area contributed by atoms with Crippen LogP contribution in [0.3, 0.4) is 0 Å². The Morgan fingerprint density at radius 3 is 2.93 bits per heavy atom. The monoisotopic (exact) mass is 206 g/mol. The molecule has 0 fully saturated rings. The third-order valence-corrected chi connectivity index (χ3v) is 2.34. The summed E-state index contributed by atoms with van der Waals surface area (Å²) in [5.74, 6) is 0.746. The van der Waals surface area contributed by atoms with E-state index < -0.39 is 0 Å². The van der Waals surface area contributed by atoms with E-state index in [0.717, 1.165) is 18.4 Å². The highest BCUT2D eigenvalue weighted by Gasteiger charge is 2.11. The molecule has 0 radical (unpaired) electrons. The molecule has 3 nitrogen and oxygen atoms in total. The van der Waals surface area contributed by atoms with Gasteiger partial charge in [0.1, 0.15) is 5.82 Å². The summed E-state index contributed by atoms with van der Waals surface area (Å²) in [4.78, 5) is 15.8. The summed E-state index contributed by atoms with van der Waals surface area (Å²) in [6.45, 7) is 6.00. The molecule has 1 unspecified atom stereocenters. The second kappa shape index (κ2) is 5.49. The number of amides is 1. The fourth-order valence-corrected chi connectivity index (χ4v) is 1.42. The Balaban J connectivity index is 2.58. The first-order valence-electron chi connectivity index (χ1n) is 5.37. The lowest BCUT2D eigenvalue weighted by atomic mass is 10.1. The summed E-state index contributed by atoms with van der Waals surface area (Å²) in [6.07, 6.45) is 3.64. The summed E-state index contributed by atoms with van der Waals surface area (Å²) < 4.78 is 0. The van der Waals surface area contributed by atoms with Crippen LogP contribution in [0.2, 0.25) is 0 Å². The molecule has 0 bridgehead atoms. The molecule has 0 spiro atoms. The minimum absolute atomic E-state index is 0.0509. The molecule has 1 aromatic heterocycles. The van der Waals surface area contributed by atoms with Crippen molar-refractivity contribution in [3.63, 3.8) is 0 Å². The van der Waals surface area contributed by atoms with Crippen LogP contribution in [0.5, 0.6) is 0 Å². The van der Waals surface area contributed by atoms with E-state index in [9.17, 15) is 4.79 Å². The van der Waals surface area contributed by atoms with Crippen LogP contribution in [0.4, 0.5) is 5.82 Å².